The molecule has 4 nitrogen and oxygen atoms in total. The lowest BCUT2D eigenvalue weighted by Crippen LogP contribution is -2.51. The summed E-state index contributed by atoms with van der Waals surface area (Å²) in [4.78, 5) is 2.20. The predicted molar refractivity (Wildman–Crippen MR) is 83.1 cm³/mol. The lowest BCUT2D eigenvalue weighted by molar-refractivity contribution is 0.0945. The average molecular weight is 278 g/mol. The second-order valence-electron chi connectivity index (χ2n) is 6.63. The number of aliphatic hydroxyl groups excluding tert-OH is 2. The van der Waals surface area contributed by atoms with Crippen LogP contribution in [0.15, 0.2) is 12.1 Å². The maximum atomic E-state index is 9.84. The number of benzene rings is 1. The Kier molecular flexibility index (Phi) is 3.98. The summed E-state index contributed by atoms with van der Waals surface area (Å²) >= 11 is 0. The summed E-state index contributed by atoms with van der Waals surface area (Å²) in [6.07, 6.45) is 0.272. The van der Waals surface area contributed by atoms with Gasteiger partial charge in [0.2, 0.25) is 0 Å². The van der Waals surface area contributed by atoms with Crippen molar-refractivity contribution in [3.05, 3.63) is 23.3 Å². The smallest absolute Gasteiger partial charge is 0.0945 e. The van der Waals surface area contributed by atoms with E-state index in [2.05, 4.69) is 37.8 Å². The Morgan fingerprint density at radius 3 is 2.70 bits per heavy atom. The van der Waals surface area contributed by atoms with E-state index in [-0.39, 0.29) is 12.1 Å². The van der Waals surface area contributed by atoms with Crippen molar-refractivity contribution in [2.24, 2.45) is 0 Å². The molecule has 4 N–H and O–H groups in total. The van der Waals surface area contributed by atoms with Crippen LogP contribution in [0.25, 0.3) is 0 Å². The summed E-state index contributed by atoms with van der Waals surface area (Å²) in [5.74, 6) is 0.436. The van der Waals surface area contributed by atoms with E-state index in [9.17, 15) is 5.11 Å². The zero-order valence-electron chi connectivity index (χ0n) is 12.8. The molecule has 0 saturated carbocycles. The highest BCUT2D eigenvalue weighted by Gasteiger charge is 2.37. The number of fused-ring (bicyclic) bond motifs is 1. The van der Waals surface area contributed by atoms with Crippen LogP contribution < -0.4 is 10.6 Å². The summed E-state index contributed by atoms with van der Waals surface area (Å²) in [5, 5.41) is 19.0. The summed E-state index contributed by atoms with van der Waals surface area (Å²) < 4.78 is 0. The molecule has 20 heavy (non-hydrogen) atoms. The van der Waals surface area contributed by atoms with Crippen molar-refractivity contribution >= 4 is 11.4 Å². The number of β-amino-alcohol motifs (C(OH)–C–C–N with tert-alkyl or cyclic N) is 1. The van der Waals surface area contributed by atoms with Gasteiger partial charge in [0.15, 0.2) is 0 Å². The van der Waals surface area contributed by atoms with Crippen LogP contribution in [0.2, 0.25) is 0 Å². The highest BCUT2D eigenvalue weighted by Crippen LogP contribution is 2.44. The summed E-state index contributed by atoms with van der Waals surface area (Å²) in [6, 6.07) is 4.16. The normalized spacial score (nSPS) is 22.5. The van der Waals surface area contributed by atoms with Crippen molar-refractivity contribution in [2.75, 3.05) is 23.8 Å². The maximum Gasteiger partial charge on any atom is 0.0945 e. The van der Waals surface area contributed by atoms with Gasteiger partial charge in [-0.05, 0) is 56.4 Å². The average Bonchev–Trinajstić information content (AvgIpc) is 2.36. The molecule has 0 aromatic heterocycles. The van der Waals surface area contributed by atoms with E-state index in [1.165, 1.54) is 5.56 Å². The van der Waals surface area contributed by atoms with Crippen LogP contribution in [0.4, 0.5) is 11.4 Å². The van der Waals surface area contributed by atoms with Gasteiger partial charge in [-0.15, -0.1) is 0 Å². The first kappa shape index (κ1) is 15.1. The maximum absolute atomic E-state index is 9.84. The van der Waals surface area contributed by atoms with E-state index in [1.54, 1.807) is 0 Å². The molecule has 0 radical (unpaired) electrons. The van der Waals surface area contributed by atoms with E-state index in [0.29, 0.717) is 12.5 Å². The van der Waals surface area contributed by atoms with Crippen LogP contribution in [0.1, 0.15) is 44.2 Å². The first-order chi connectivity index (χ1) is 9.26. The molecule has 112 valence electrons. The summed E-state index contributed by atoms with van der Waals surface area (Å²) in [5.41, 5.74) is 10.2. The van der Waals surface area contributed by atoms with Crippen molar-refractivity contribution in [1.82, 2.24) is 0 Å². The van der Waals surface area contributed by atoms with Gasteiger partial charge in [-0.25, -0.2) is 0 Å². The number of rotatable bonds is 3. The number of nitrogens with two attached hydrogens (primary N) is 1. The molecule has 2 unspecified atom stereocenters. The van der Waals surface area contributed by atoms with Gasteiger partial charge < -0.3 is 20.8 Å². The topological polar surface area (TPSA) is 69.7 Å². The van der Waals surface area contributed by atoms with E-state index < -0.39 is 6.10 Å². The number of hydrogen-bond donors (Lipinski definition) is 3. The number of nitrogen functional groups attached to an aromatic ring is 1. The molecular weight excluding hydrogens is 252 g/mol. The minimum atomic E-state index is -0.728. The largest absolute Gasteiger partial charge is 0.399 e. The molecule has 0 amide bonds. The van der Waals surface area contributed by atoms with Crippen LogP contribution in [-0.2, 0) is 0 Å². The van der Waals surface area contributed by atoms with E-state index in [1.807, 2.05) is 6.92 Å². The van der Waals surface area contributed by atoms with Gasteiger partial charge in [-0.3, -0.25) is 0 Å². The standard InChI is InChI=1S/C16H26N2O2/c1-10-5-15-13(6-14(10)17)11(2)7-16(3,4)18(15)8-12(20)9-19/h5-6,11-12,19-20H,7-9,17H2,1-4H3. The van der Waals surface area contributed by atoms with Gasteiger partial charge in [0.1, 0.15) is 0 Å². The molecule has 1 aromatic rings. The Labute approximate surface area is 121 Å². The van der Waals surface area contributed by atoms with Gasteiger partial charge in [-0.2, -0.15) is 0 Å². The molecule has 2 rings (SSSR count). The molecule has 1 aliphatic heterocycles. The van der Waals surface area contributed by atoms with Crippen molar-refractivity contribution in [1.29, 1.82) is 0 Å². The highest BCUT2D eigenvalue weighted by atomic mass is 16.3. The Bertz CT molecular complexity index is 499. The van der Waals surface area contributed by atoms with Crippen LogP contribution in [-0.4, -0.2) is 35.0 Å². The molecule has 0 fully saturated rings. The third kappa shape index (κ3) is 2.63. The van der Waals surface area contributed by atoms with Crippen molar-refractivity contribution in [3.8, 4) is 0 Å². The second kappa shape index (κ2) is 5.26. The Balaban J connectivity index is 2.50. The Morgan fingerprint density at radius 2 is 2.10 bits per heavy atom. The van der Waals surface area contributed by atoms with Gasteiger partial charge in [0, 0.05) is 23.5 Å². The minimum Gasteiger partial charge on any atom is -0.399 e. The van der Waals surface area contributed by atoms with Crippen molar-refractivity contribution < 1.29 is 10.2 Å². The quantitative estimate of drug-likeness (QED) is 0.740. The first-order valence-corrected chi connectivity index (χ1v) is 7.23. The monoisotopic (exact) mass is 278 g/mol. The fourth-order valence-corrected chi connectivity index (χ4v) is 3.27. The van der Waals surface area contributed by atoms with Gasteiger partial charge in [0.25, 0.3) is 0 Å². The van der Waals surface area contributed by atoms with E-state index in [0.717, 1.165) is 23.4 Å². The van der Waals surface area contributed by atoms with E-state index in [4.69, 9.17) is 10.8 Å². The number of nitrogens with zero attached hydrogens (tertiary/aromatic N) is 1. The first-order valence-electron chi connectivity index (χ1n) is 7.23. The molecule has 1 aliphatic rings. The Morgan fingerprint density at radius 1 is 1.45 bits per heavy atom. The third-order valence-electron chi connectivity index (χ3n) is 4.38. The fourth-order valence-electron chi connectivity index (χ4n) is 3.27. The zero-order chi connectivity index (χ0) is 15.1. The summed E-state index contributed by atoms with van der Waals surface area (Å²) in [7, 11) is 0. The molecule has 0 aliphatic carbocycles. The second-order valence-corrected chi connectivity index (χ2v) is 6.63. The predicted octanol–water partition coefficient (Wildman–Crippen LogP) is 2.02. The highest BCUT2D eigenvalue weighted by molar-refractivity contribution is 5.67. The molecule has 0 bridgehead atoms. The third-order valence-corrected chi connectivity index (χ3v) is 4.38. The zero-order valence-corrected chi connectivity index (χ0v) is 12.8. The number of aryl methyl sites for hydroxylation is 1. The molecular formula is C16H26N2O2. The van der Waals surface area contributed by atoms with Crippen LogP contribution in [0, 0.1) is 6.92 Å². The SMILES string of the molecule is Cc1cc2c(cc1N)C(C)CC(C)(C)N2CC(O)CO. The molecule has 2 atom stereocenters. The van der Waals surface area contributed by atoms with Crippen LogP contribution in [0.5, 0.6) is 0 Å². The number of hydrogen-bond acceptors (Lipinski definition) is 4. The molecule has 0 saturated heterocycles. The van der Waals surface area contributed by atoms with Gasteiger partial charge in [-0.1, -0.05) is 6.92 Å². The molecule has 1 heterocycles. The van der Waals surface area contributed by atoms with Crippen LogP contribution in [0.3, 0.4) is 0 Å². The van der Waals surface area contributed by atoms with Crippen LogP contribution >= 0.6 is 0 Å². The number of anilines is 2. The number of aliphatic hydroxyl groups is 2. The lowest BCUT2D eigenvalue weighted by Gasteiger charge is -2.48. The summed E-state index contributed by atoms with van der Waals surface area (Å²) in [6.45, 7) is 8.81. The van der Waals surface area contributed by atoms with Crippen molar-refractivity contribution in [2.45, 2.75) is 51.7 Å². The minimum absolute atomic E-state index is 0.0505. The lowest BCUT2D eigenvalue weighted by atomic mass is 9.79. The van der Waals surface area contributed by atoms with Crippen molar-refractivity contribution in [3.63, 3.8) is 0 Å². The van der Waals surface area contributed by atoms with E-state index >= 15 is 0 Å². The molecule has 1 aromatic carbocycles. The van der Waals surface area contributed by atoms with Gasteiger partial charge in [0.05, 0.1) is 12.7 Å². The molecule has 0 spiro atoms. The molecule has 4 heteroatoms. The van der Waals surface area contributed by atoms with Gasteiger partial charge >= 0.3 is 0 Å². The Hall–Kier alpha value is -1.26. The fraction of sp³-hybridized carbons (Fsp3) is 0.625.